The Morgan fingerprint density at radius 3 is 2.77 bits per heavy atom. The van der Waals surface area contributed by atoms with Crippen LogP contribution in [0.2, 0.25) is 0 Å². The highest BCUT2D eigenvalue weighted by Gasteiger charge is 2.29. The molecule has 0 aromatic heterocycles. The van der Waals surface area contributed by atoms with Gasteiger partial charge in [-0.1, -0.05) is 12.2 Å². The third kappa shape index (κ3) is 2.68. The van der Waals surface area contributed by atoms with Crippen LogP contribution in [0.1, 0.15) is 32.1 Å². The molecule has 0 fully saturated rings. The van der Waals surface area contributed by atoms with E-state index in [0.717, 1.165) is 19.1 Å². The maximum atomic E-state index is 10.9. The van der Waals surface area contributed by atoms with E-state index in [1.807, 2.05) is 12.2 Å². The lowest BCUT2D eigenvalue weighted by Gasteiger charge is -2.28. The maximum Gasteiger partial charge on any atom is 0.303 e. The number of allylic oxidation sites excluding steroid dienone is 2. The minimum atomic E-state index is -0.823. The molecule has 0 spiro atoms. The average Bonchev–Trinajstić information content (AvgIpc) is 2.16. The third-order valence-electron chi connectivity index (χ3n) is 2.59. The number of hydrogen-bond acceptors (Lipinski definition) is 2. The van der Waals surface area contributed by atoms with Crippen LogP contribution in [0, 0.1) is 5.41 Å². The molecule has 1 unspecified atom stereocenters. The molecule has 1 atom stereocenters. The molecule has 0 aromatic rings. The lowest BCUT2D eigenvalue weighted by atomic mass is 9.75. The van der Waals surface area contributed by atoms with E-state index in [2.05, 4.69) is 0 Å². The molecule has 72 valence electrons. The Labute approximate surface area is 77.4 Å². The minimum absolute atomic E-state index is 0.0899. The largest absolute Gasteiger partial charge is 0.481 e. The van der Waals surface area contributed by atoms with Crippen LogP contribution < -0.4 is 0 Å². The molecule has 0 heterocycles. The van der Waals surface area contributed by atoms with Gasteiger partial charge in [0.1, 0.15) is 6.29 Å². The van der Waals surface area contributed by atoms with Gasteiger partial charge in [0, 0.05) is 11.8 Å². The van der Waals surface area contributed by atoms with Crippen molar-refractivity contribution in [3.05, 3.63) is 12.2 Å². The van der Waals surface area contributed by atoms with E-state index >= 15 is 0 Å². The monoisotopic (exact) mass is 182 g/mol. The number of carboxylic acids is 1. The van der Waals surface area contributed by atoms with Crippen LogP contribution in [0.4, 0.5) is 0 Å². The molecule has 0 bridgehead atoms. The second-order valence-corrected chi connectivity index (χ2v) is 3.59. The number of carboxylic acid groups (broad SMARTS) is 1. The quantitative estimate of drug-likeness (QED) is 0.532. The number of aliphatic carboxylic acids is 1. The number of aldehydes is 1. The van der Waals surface area contributed by atoms with Crippen LogP contribution in [0.25, 0.3) is 0 Å². The summed E-state index contributed by atoms with van der Waals surface area (Å²) in [4.78, 5) is 21.2. The lowest BCUT2D eigenvalue weighted by molar-refractivity contribution is -0.137. The van der Waals surface area contributed by atoms with Gasteiger partial charge in [0.05, 0.1) is 0 Å². The van der Waals surface area contributed by atoms with Crippen LogP contribution in [-0.4, -0.2) is 17.4 Å². The summed E-state index contributed by atoms with van der Waals surface area (Å²) in [5.41, 5.74) is -0.396. The SMILES string of the molecule is O=CC1(CCC(=O)O)CC=CCC1. The van der Waals surface area contributed by atoms with E-state index in [9.17, 15) is 9.59 Å². The predicted octanol–water partition coefficient (Wildman–Crippen LogP) is 1.78. The highest BCUT2D eigenvalue weighted by molar-refractivity contribution is 5.68. The summed E-state index contributed by atoms with van der Waals surface area (Å²) in [5.74, 6) is -0.823. The molecular weight excluding hydrogens is 168 g/mol. The van der Waals surface area contributed by atoms with Gasteiger partial charge in [-0.15, -0.1) is 0 Å². The molecule has 1 N–H and O–H groups in total. The fraction of sp³-hybridized carbons (Fsp3) is 0.600. The van der Waals surface area contributed by atoms with Gasteiger partial charge in [-0.05, 0) is 25.7 Å². The zero-order valence-electron chi connectivity index (χ0n) is 7.53. The Balaban J connectivity index is 2.53. The van der Waals surface area contributed by atoms with Crippen molar-refractivity contribution < 1.29 is 14.7 Å². The molecule has 1 aliphatic carbocycles. The Hall–Kier alpha value is -1.12. The molecule has 0 saturated carbocycles. The summed E-state index contributed by atoms with van der Waals surface area (Å²) in [5, 5.41) is 8.52. The number of carbonyl (C=O) groups is 2. The first-order valence-electron chi connectivity index (χ1n) is 4.52. The van der Waals surface area contributed by atoms with Gasteiger partial charge in [-0.25, -0.2) is 0 Å². The fourth-order valence-electron chi connectivity index (χ4n) is 1.66. The Morgan fingerprint density at radius 2 is 2.31 bits per heavy atom. The summed E-state index contributed by atoms with van der Waals surface area (Å²) >= 11 is 0. The van der Waals surface area contributed by atoms with Crippen molar-refractivity contribution in [3.8, 4) is 0 Å². The summed E-state index contributed by atoms with van der Waals surface area (Å²) in [6, 6.07) is 0. The topological polar surface area (TPSA) is 54.4 Å². The number of carbonyl (C=O) groups excluding carboxylic acids is 1. The van der Waals surface area contributed by atoms with Gasteiger partial charge in [0.2, 0.25) is 0 Å². The first-order valence-corrected chi connectivity index (χ1v) is 4.52. The van der Waals surface area contributed by atoms with Crippen molar-refractivity contribution in [2.45, 2.75) is 32.1 Å². The third-order valence-corrected chi connectivity index (χ3v) is 2.59. The molecule has 0 aliphatic heterocycles. The second-order valence-electron chi connectivity index (χ2n) is 3.59. The maximum absolute atomic E-state index is 10.9. The second kappa shape index (κ2) is 4.21. The molecule has 0 amide bonds. The van der Waals surface area contributed by atoms with E-state index in [1.54, 1.807) is 0 Å². The highest BCUT2D eigenvalue weighted by atomic mass is 16.4. The molecule has 0 radical (unpaired) electrons. The summed E-state index contributed by atoms with van der Waals surface area (Å²) < 4.78 is 0. The van der Waals surface area contributed by atoms with E-state index in [4.69, 9.17) is 5.11 Å². The summed E-state index contributed by atoms with van der Waals surface area (Å²) in [7, 11) is 0. The fourth-order valence-corrected chi connectivity index (χ4v) is 1.66. The minimum Gasteiger partial charge on any atom is -0.481 e. The average molecular weight is 182 g/mol. The van der Waals surface area contributed by atoms with E-state index in [0.29, 0.717) is 12.8 Å². The molecule has 3 heteroatoms. The van der Waals surface area contributed by atoms with Crippen molar-refractivity contribution in [2.75, 3.05) is 0 Å². The van der Waals surface area contributed by atoms with E-state index in [1.165, 1.54) is 0 Å². The molecule has 1 rings (SSSR count). The molecular formula is C10H14O3. The van der Waals surface area contributed by atoms with Gasteiger partial charge < -0.3 is 9.90 Å². The van der Waals surface area contributed by atoms with Crippen LogP contribution in [0.5, 0.6) is 0 Å². The van der Waals surface area contributed by atoms with Crippen molar-refractivity contribution in [2.24, 2.45) is 5.41 Å². The van der Waals surface area contributed by atoms with E-state index in [-0.39, 0.29) is 6.42 Å². The first kappa shape index (κ1) is 9.96. The zero-order valence-corrected chi connectivity index (χ0v) is 7.53. The van der Waals surface area contributed by atoms with Crippen LogP contribution in [-0.2, 0) is 9.59 Å². The van der Waals surface area contributed by atoms with Crippen molar-refractivity contribution in [3.63, 3.8) is 0 Å². The normalized spacial score (nSPS) is 27.1. The van der Waals surface area contributed by atoms with E-state index < -0.39 is 11.4 Å². The zero-order chi connectivity index (χ0) is 9.73. The first-order chi connectivity index (χ1) is 6.18. The van der Waals surface area contributed by atoms with Gasteiger partial charge in [0.25, 0.3) is 0 Å². The molecule has 13 heavy (non-hydrogen) atoms. The number of rotatable bonds is 4. The van der Waals surface area contributed by atoms with Gasteiger partial charge in [-0.3, -0.25) is 4.79 Å². The molecule has 1 aliphatic rings. The smallest absolute Gasteiger partial charge is 0.303 e. The van der Waals surface area contributed by atoms with Gasteiger partial charge >= 0.3 is 5.97 Å². The predicted molar refractivity (Wildman–Crippen MR) is 48.4 cm³/mol. The molecule has 0 saturated heterocycles. The summed E-state index contributed by atoms with van der Waals surface area (Å²) in [6.07, 6.45) is 7.88. The van der Waals surface area contributed by atoms with Crippen molar-refractivity contribution in [1.29, 1.82) is 0 Å². The van der Waals surface area contributed by atoms with Crippen LogP contribution >= 0.6 is 0 Å². The van der Waals surface area contributed by atoms with Crippen LogP contribution in [0.15, 0.2) is 12.2 Å². The van der Waals surface area contributed by atoms with Crippen molar-refractivity contribution in [1.82, 2.24) is 0 Å². The summed E-state index contributed by atoms with van der Waals surface area (Å²) in [6.45, 7) is 0. The van der Waals surface area contributed by atoms with Gasteiger partial charge in [0.15, 0.2) is 0 Å². The van der Waals surface area contributed by atoms with Crippen LogP contribution in [0.3, 0.4) is 0 Å². The van der Waals surface area contributed by atoms with Crippen molar-refractivity contribution >= 4 is 12.3 Å². The Bertz CT molecular complexity index is 232. The highest BCUT2D eigenvalue weighted by Crippen LogP contribution is 2.34. The van der Waals surface area contributed by atoms with Gasteiger partial charge in [-0.2, -0.15) is 0 Å². The number of hydrogen-bond donors (Lipinski definition) is 1. The Morgan fingerprint density at radius 1 is 1.54 bits per heavy atom. The molecule has 3 nitrogen and oxygen atoms in total. The Kier molecular flexibility index (Phi) is 3.23. The standard InChI is InChI=1S/C10H14O3/c11-8-10(7-4-9(12)13)5-2-1-3-6-10/h1-2,8H,3-7H2,(H,12,13). The lowest BCUT2D eigenvalue weighted by Crippen LogP contribution is -2.24. The molecule has 0 aromatic carbocycles.